The molecule has 0 fully saturated rings. The summed E-state index contributed by atoms with van der Waals surface area (Å²) in [5.74, 6) is 0.660. The molecule has 0 unspecified atom stereocenters. The highest BCUT2D eigenvalue weighted by molar-refractivity contribution is 7.80. The smallest absolute Gasteiger partial charge is 0.140 e. The molecule has 0 saturated heterocycles. The number of thiocarbonyl (C=S) groups is 1. The van der Waals surface area contributed by atoms with Crippen molar-refractivity contribution in [3.05, 3.63) is 35.8 Å². The van der Waals surface area contributed by atoms with Crippen molar-refractivity contribution in [1.82, 2.24) is 14.8 Å². The average molecular weight is 261 g/mol. The maximum absolute atomic E-state index is 5.67. The lowest BCUT2D eigenvalue weighted by atomic mass is 10.2. The SMILES string of the molecule is CCc1nn(C)cc1Nc1ncccc1C(N)=S. The molecule has 0 aliphatic heterocycles. The zero-order chi connectivity index (χ0) is 13.1. The van der Waals surface area contributed by atoms with E-state index in [1.165, 1.54) is 0 Å². The minimum absolute atomic E-state index is 0.326. The third-order valence-electron chi connectivity index (χ3n) is 2.57. The van der Waals surface area contributed by atoms with Gasteiger partial charge in [-0.1, -0.05) is 19.1 Å². The number of rotatable bonds is 4. The van der Waals surface area contributed by atoms with Crippen molar-refractivity contribution in [2.75, 3.05) is 5.32 Å². The van der Waals surface area contributed by atoms with Crippen LogP contribution in [0.15, 0.2) is 24.5 Å². The second-order valence-electron chi connectivity index (χ2n) is 3.91. The number of nitrogens with one attached hydrogen (secondary N) is 1. The Balaban J connectivity index is 2.36. The quantitative estimate of drug-likeness (QED) is 0.821. The summed E-state index contributed by atoms with van der Waals surface area (Å²) in [5.41, 5.74) is 8.32. The predicted octanol–water partition coefficient (Wildman–Crippen LogP) is 1.76. The van der Waals surface area contributed by atoms with Crippen molar-refractivity contribution in [3.63, 3.8) is 0 Å². The van der Waals surface area contributed by atoms with Gasteiger partial charge in [-0.25, -0.2) is 4.98 Å². The summed E-state index contributed by atoms with van der Waals surface area (Å²) in [4.78, 5) is 4.59. The maximum atomic E-state index is 5.67. The number of hydrogen-bond donors (Lipinski definition) is 2. The molecular weight excluding hydrogens is 246 g/mol. The van der Waals surface area contributed by atoms with Gasteiger partial charge in [-0.3, -0.25) is 4.68 Å². The van der Waals surface area contributed by atoms with Gasteiger partial charge in [0.05, 0.1) is 16.9 Å². The molecule has 0 amide bonds. The van der Waals surface area contributed by atoms with Crippen LogP contribution in [0.25, 0.3) is 0 Å². The van der Waals surface area contributed by atoms with E-state index in [4.69, 9.17) is 18.0 Å². The van der Waals surface area contributed by atoms with Gasteiger partial charge < -0.3 is 11.1 Å². The number of anilines is 2. The van der Waals surface area contributed by atoms with E-state index in [0.717, 1.165) is 23.4 Å². The monoisotopic (exact) mass is 261 g/mol. The van der Waals surface area contributed by atoms with Crippen molar-refractivity contribution in [2.45, 2.75) is 13.3 Å². The molecule has 6 heteroatoms. The first-order valence-electron chi connectivity index (χ1n) is 5.66. The Hall–Kier alpha value is -1.95. The molecule has 2 aromatic heterocycles. The highest BCUT2D eigenvalue weighted by Gasteiger charge is 2.10. The lowest BCUT2D eigenvalue weighted by Crippen LogP contribution is -2.12. The average Bonchev–Trinajstić information content (AvgIpc) is 2.70. The summed E-state index contributed by atoms with van der Waals surface area (Å²) >= 11 is 5.01. The summed E-state index contributed by atoms with van der Waals surface area (Å²) in [5, 5.41) is 7.59. The molecule has 3 N–H and O–H groups in total. The van der Waals surface area contributed by atoms with Crippen molar-refractivity contribution < 1.29 is 0 Å². The Kier molecular flexibility index (Phi) is 3.57. The van der Waals surface area contributed by atoms with Gasteiger partial charge in [0.2, 0.25) is 0 Å². The largest absolute Gasteiger partial charge is 0.389 e. The summed E-state index contributed by atoms with van der Waals surface area (Å²) in [6.45, 7) is 2.06. The molecule has 2 rings (SSSR count). The third-order valence-corrected chi connectivity index (χ3v) is 2.79. The van der Waals surface area contributed by atoms with Gasteiger partial charge in [0.15, 0.2) is 0 Å². The molecular formula is C12H15N5S. The van der Waals surface area contributed by atoms with Crippen molar-refractivity contribution >= 4 is 28.7 Å². The summed E-state index contributed by atoms with van der Waals surface area (Å²) in [6, 6.07) is 3.66. The maximum Gasteiger partial charge on any atom is 0.140 e. The first-order chi connectivity index (χ1) is 8.61. The third kappa shape index (κ3) is 2.48. The summed E-state index contributed by atoms with van der Waals surface area (Å²) in [7, 11) is 1.89. The Bertz CT molecular complexity index is 576. The molecule has 0 aliphatic carbocycles. The predicted molar refractivity (Wildman–Crippen MR) is 76.0 cm³/mol. The number of pyridine rings is 1. The highest BCUT2D eigenvalue weighted by Crippen LogP contribution is 2.21. The second kappa shape index (κ2) is 5.14. The molecule has 0 bridgehead atoms. The molecule has 0 aromatic carbocycles. The number of nitrogens with two attached hydrogens (primary N) is 1. The normalized spacial score (nSPS) is 10.3. The second-order valence-corrected chi connectivity index (χ2v) is 4.35. The van der Waals surface area contributed by atoms with Gasteiger partial charge in [-0.15, -0.1) is 0 Å². The van der Waals surface area contributed by atoms with Gasteiger partial charge in [0.1, 0.15) is 10.8 Å². The highest BCUT2D eigenvalue weighted by atomic mass is 32.1. The van der Waals surface area contributed by atoms with Crippen LogP contribution in [0.1, 0.15) is 18.2 Å². The lowest BCUT2D eigenvalue weighted by molar-refractivity contribution is 0.746. The molecule has 94 valence electrons. The fourth-order valence-electron chi connectivity index (χ4n) is 1.73. The van der Waals surface area contributed by atoms with Crippen LogP contribution in [-0.2, 0) is 13.5 Å². The van der Waals surface area contributed by atoms with E-state index < -0.39 is 0 Å². The molecule has 18 heavy (non-hydrogen) atoms. The van der Waals surface area contributed by atoms with E-state index in [9.17, 15) is 0 Å². The fraction of sp³-hybridized carbons (Fsp3) is 0.250. The van der Waals surface area contributed by atoms with E-state index in [1.54, 1.807) is 10.9 Å². The van der Waals surface area contributed by atoms with Gasteiger partial charge in [-0.05, 0) is 18.6 Å². The molecule has 0 saturated carbocycles. The van der Waals surface area contributed by atoms with E-state index in [0.29, 0.717) is 10.8 Å². The Morgan fingerprint density at radius 1 is 1.56 bits per heavy atom. The van der Waals surface area contributed by atoms with Crippen LogP contribution in [-0.4, -0.2) is 19.8 Å². The van der Waals surface area contributed by atoms with E-state index in [2.05, 4.69) is 22.3 Å². The van der Waals surface area contributed by atoms with Gasteiger partial charge in [0.25, 0.3) is 0 Å². The lowest BCUT2D eigenvalue weighted by Gasteiger charge is -2.08. The fourth-order valence-corrected chi connectivity index (χ4v) is 1.90. The Labute approximate surface area is 111 Å². The standard InChI is InChI=1S/C12H15N5S/c1-3-9-10(7-17(2)16-9)15-12-8(11(13)18)5-4-6-14-12/h4-7H,3H2,1-2H3,(H2,13,18)(H,14,15). The molecule has 0 radical (unpaired) electrons. The molecule has 0 spiro atoms. The number of aromatic nitrogens is 3. The first-order valence-corrected chi connectivity index (χ1v) is 6.07. The minimum atomic E-state index is 0.326. The zero-order valence-corrected chi connectivity index (χ0v) is 11.2. The molecule has 2 aromatic rings. The van der Waals surface area contributed by atoms with Gasteiger partial charge in [0, 0.05) is 19.4 Å². The molecule has 5 nitrogen and oxygen atoms in total. The summed E-state index contributed by atoms with van der Waals surface area (Å²) in [6.07, 6.45) is 4.46. The zero-order valence-electron chi connectivity index (χ0n) is 10.3. The van der Waals surface area contributed by atoms with Crippen LogP contribution < -0.4 is 11.1 Å². The number of hydrogen-bond acceptors (Lipinski definition) is 4. The van der Waals surface area contributed by atoms with Crippen molar-refractivity contribution in [2.24, 2.45) is 12.8 Å². The summed E-state index contributed by atoms with van der Waals surface area (Å²) < 4.78 is 1.77. The van der Waals surface area contributed by atoms with Crippen LogP contribution >= 0.6 is 12.2 Å². The van der Waals surface area contributed by atoms with E-state index >= 15 is 0 Å². The number of aryl methyl sites for hydroxylation is 2. The van der Waals surface area contributed by atoms with E-state index in [-0.39, 0.29) is 0 Å². The van der Waals surface area contributed by atoms with Crippen molar-refractivity contribution in [1.29, 1.82) is 0 Å². The molecule has 0 atom stereocenters. The van der Waals surface area contributed by atoms with Crippen LogP contribution in [0.4, 0.5) is 11.5 Å². The Morgan fingerprint density at radius 3 is 3.00 bits per heavy atom. The van der Waals surface area contributed by atoms with Crippen molar-refractivity contribution in [3.8, 4) is 0 Å². The van der Waals surface area contributed by atoms with Crippen LogP contribution in [0.5, 0.6) is 0 Å². The van der Waals surface area contributed by atoms with Gasteiger partial charge >= 0.3 is 0 Å². The van der Waals surface area contributed by atoms with E-state index in [1.807, 2.05) is 25.4 Å². The topological polar surface area (TPSA) is 68.8 Å². The number of nitrogens with zero attached hydrogens (tertiary/aromatic N) is 3. The van der Waals surface area contributed by atoms with Gasteiger partial charge in [-0.2, -0.15) is 5.10 Å². The van der Waals surface area contributed by atoms with Crippen LogP contribution in [0, 0.1) is 0 Å². The molecule has 0 aliphatic rings. The minimum Gasteiger partial charge on any atom is -0.389 e. The Morgan fingerprint density at radius 2 is 2.33 bits per heavy atom. The first kappa shape index (κ1) is 12.5. The molecule has 2 heterocycles. The van der Waals surface area contributed by atoms with Crippen LogP contribution in [0.3, 0.4) is 0 Å². The van der Waals surface area contributed by atoms with Crippen LogP contribution in [0.2, 0.25) is 0 Å².